The summed E-state index contributed by atoms with van der Waals surface area (Å²) < 4.78 is 5.86. The first kappa shape index (κ1) is 14.2. The third-order valence-electron chi connectivity index (χ3n) is 3.68. The molecule has 3 N–H and O–H groups in total. The van der Waals surface area contributed by atoms with Gasteiger partial charge in [-0.2, -0.15) is 0 Å². The Bertz CT molecular complexity index is 552. The van der Waals surface area contributed by atoms with Crippen LogP contribution in [0.2, 0.25) is 0 Å². The van der Waals surface area contributed by atoms with Crippen LogP contribution in [-0.2, 0) is 9.59 Å². The highest BCUT2D eigenvalue weighted by molar-refractivity contribution is 6.07. The first-order chi connectivity index (χ1) is 9.45. The normalized spacial score (nSPS) is 16.5. The van der Waals surface area contributed by atoms with Crippen LogP contribution in [0.1, 0.15) is 26.7 Å². The van der Waals surface area contributed by atoms with E-state index in [1.807, 2.05) is 13.8 Å². The molecule has 0 saturated heterocycles. The number of carboxylic acid groups (broad SMARTS) is 1. The van der Waals surface area contributed by atoms with Gasteiger partial charge in [-0.05, 0) is 25.0 Å². The maximum Gasteiger partial charge on any atom is 0.323 e. The lowest BCUT2D eigenvalue weighted by Crippen LogP contribution is -2.56. The Kier molecular flexibility index (Phi) is 3.57. The van der Waals surface area contributed by atoms with Crippen LogP contribution in [0.25, 0.3) is 0 Å². The summed E-state index contributed by atoms with van der Waals surface area (Å²) in [4.78, 5) is 24.9. The predicted octanol–water partition coefficient (Wildman–Crippen LogP) is 1.64. The van der Waals surface area contributed by atoms with E-state index in [9.17, 15) is 9.59 Å². The van der Waals surface area contributed by atoms with Crippen LogP contribution in [0.5, 0.6) is 5.75 Å². The molecule has 20 heavy (non-hydrogen) atoms. The number of amides is 1. The summed E-state index contributed by atoms with van der Waals surface area (Å²) in [5.41, 5.74) is 5.53. The van der Waals surface area contributed by atoms with Crippen LogP contribution >= 0.6 is 0 Å². The molecule has 1 aliphatic heterocycles. The Balaban J connectivity index is 2.59. The lowest BCUT2D eigenvalue weighted by molar-refractivity contribution is -0.141. The minimum atomic E-state index is -1.09. The van der Waals surface area contributed by atoms with Crippen LogP contribution in [0.15, 0.2) is 18.2 Å². The minimum Gasteiger partial charge on any atom is -0.480 e. The van der Waals surface area contributed by atoms with E-state index in [4.69, 9.17) is 15.6 Å². The molecule has 0 aromatic heterocycles. The van der Waals surface area contributed by atoms with Gasteiger partial charge in [0.15, 0.2) is 5.60 Å². The van der Waals surface area contributed by atoms with Crippen LogP contribution < -0.4 is 15.4 Å². The smallest absolute Gasteiger partial charge is 0.323 e. The average Bonchev–Trinajstić information content (AvgIpc) is 2.41. The molecule has 6 nitrogen and oxygen atoms in total. The largest absolute Gasteiger partial charge is 0.480 e. The van der Waals surface area contributed by atoms with Crippen molar-refractivity contribution in [2.45, 2.75) is 32.3 Å². The number of aliphatic carboxylic acids is 1. The van der Waals surface area contributed by atoms with E-state index >= 15 is 0 Å². The van der Waals surface area contributed by atoms with Gasteiger partial charge in [0.2, 0.25) is 0 Å². The number of nitrogen functional groups attached to an aromatic ring is 1. The van der Waals surface area contributed by atoms with Gasteiger partial charge in [-0.15, -0.1) is 0 Å². The maximum atomic E-state index is 12.6. The first-order valence-electron chi connectivity index (χ1n) is 6.56. The second-order valence-corrected chi connectivity index (χ2v) is 4.78. The van der Waals surface area contributed by atoms with Gasteiger partial charge in [-0.25, -0.2) is 0 Å². The number of nitrogens with zero attached hydrogens (tertiary/aromatic N) is 1. The second kappa shape index (κ2) is 5.03. The van der Waals surface area contributed by atoms with Gasteiger partial charge in [-0.1, -0.05) is 19.9 Å². The van der Waals surface area contributed by atoms with Crippen molar-refractivity contribution in [2.24, 2.45) is 0 Å². The predicted molar refractivity (Wildman–Crippen MR) is 74.8 cm³/mol. The molecule has 0 bridgehead atoms. The molecular weight excluding hydrogens is 260 g/mol. The van der Waals surface area contributed by atoms with Gasteiger partial charge in [0.05, 0.1) is 5.69 Å². The molecule has 1 aromatic carbocycles. The Morgan fingerprint density at radius 1 is 1.40 bits per heavy atom. The standard InChI is InChI=1S/C14H18N2O4/c1-3-14(4-2)13(19)16(8-11(17)18)12-9(15)6-5-7-10(12)20-14/h5-7H,3-4,8,15H2,1-2H3,(H,17,18). The summed E-state index contributed by atoms with van der Waals surface area (Å²) in [6.45, 7) is 3.26. The third kappa shape index (κ3) is 2.07. The van der Waals surface area contributed by atoms with E-state index in [1.165, 1.54) is 4.90 Å². The molecule has 1 heterocycles. The van der Waals surface area contributed by atoms with E-state index in [1.54, 1.807) is 18.2 Å². The monoisotopic (exact) mass is 278 g/mol. The van der Waals surface area contributed by atoms with Crippen molar-refractivity contribution < 1.29 is 19.4 Å². The summed E-state index contributed by atoms with van der Waals surface area (Å²) in [5.74, 6) is -0.986. The first-order valence-corrected chi connectivity index (χ1v) is 6.56. The van der Waals surface area contributed by atoms with Crippen LogP contribution in [0, 0.1) is 0 Å². The lowest BCUT2D eigenvalue weighted by Gasteiger charge is -2.41. The number of para-hydroxylation sites is 1. The molecule has 0 unspecified atom stereocenters. The summed E-state index contributed by atoms with van der Waals surface area (Å²) in [7, 11) is 0. The van der Waals surface area contributed by atoms with Gasteiger partial charge in [-0.3, -0.25) is 14.5 Å². The molecule has 0 saturated carbocycles. The zero-order chi connectivity index (χ0) is 14.9. The van der Waals surface area contributed by atoms with Crippen LogP contribution in [-0.4, -0.2) is 29.1 Å². The van der Waals surface area contributed by atoms with Crippen molar-refractivity contribution in [1.29, 1.82) is 0 Å². The number of fused-ring (bicyclic) bond motifs is 1. The van der Waals surface area contributed by atoms with Gasteiger partial charge < -0.3 is 15.6 Å². The molecule has 108 valence electrons. The van der Waals surface area contributed by atoms with Gasteiger partial charge in [0.25, 0.3) is 5.91 Å². The number of ether oxygens (including phenoxy) is 1. The van der Waals surface area contributed by atoms with E-state index < -0.39 is 18.1 Å². The van der Waals surface area contributed by atoms with Crippen molar-refractivity contribution in [2.75, 3.05) is 17.2 Å². The fraction of sp³-hybridized carbons (Fsp3) is 0.429. The second-order valence-electron chi connectivity index (χ2n) is 4.78. The van der Waals surface area contributed by atoms with Crippen molar-refractivity contribution in [3.05, 3.63) is 18.2 Å². The van der Waals surface area contributed by atoms with Crippen LogP contribution in [0.4, 0.5) is 11.4 Å². The Morgan fingerprint density at radius 3 is 2.60 bits per heavy atom. The van der Waals surface area contributed by atoms with E-state index in [2.05, 4.69) is 0 Å². The Morgan fingerprint density at radius 2 is 2.05 bits per heavy atom. The third-order valence-corrected chi connectivity index (χ3v) is 3.68. The summed E-state index contributed by atoms with van der Waals surface area (Å²) in [6, 6.07) is 5.04. The Hall–Kier alpha value is -2.24. The number of hydrogen-bond donors (Lipinski definition) is 2. The quantitative estimate of drug-likeness (QED) is 0.817. The molecule has 2 rings (SSSR count). The molecule has 1 amide bonds. The molecule has 0 radical (unpaired) electrons. The fourth-order valence-electron chi connectivity index (χ4n) is 2.50. The summed E-state index contributed by atoms with van der Waals surface area (Å²) in [5, 5.41) is 9.04. The van der Waals surface area contributed by atoms with Gasteiger partial charge in [0.1, 0.15) is 18.0 Å². The molecule has 1 aliphatic rings. The number of carbonyl (C=O) groups is 2. The molecule has 1 aromatic rings. The minimum absolute atomic E-state index is 0.331. The van der Waals surface area contributed by atoms with Gasteiger partial charge >= 0.3 is 5.97 Å². The van der Waals surface area contributed by atoms with E-state index in [0.29, 0.717) is 30.0 Å². The summed E-state index contributed by atoms with van der Waals surface area (Å²) >= 11 is 0. The van der Waals surface area contributed by atoms with Crippen LogP contribution in [0.3, 0.4) is 0 Å². The number of anilines is 2. The zero-order valence-corrected chi connectivity index (χ0v) is 11.5. The number of carboxylic acids is 1. The van der Waals surface area contributed by atoms with E-state index in [-0.39, 0.29) is 5.91 Å². The highest BCUT2D eigenvalue weighted by Gasteiger charge is 2.46. The van der Waals surface area contributed by atoms with E-state index in [0.717, 1.165) is 0 Å². The number of benzene rings is 1. The lowest BCUT2D eigenvalue weighted by atomic mass is 9.92. The van der Waals surface area contributed by atoms with Crippen molar-refractivity contribution in [3.8, 4) is 5.75 Å². The number of carbonyl (C=O) groups excluding carboxylic acids is 1. The van der Waals surface area contributed by atoms with Gasteiger partial charge in [0, 0.05) is 0 Å². The molecule has 0 spiro atoms. The van der Waals surface area contributed by atoms with Crippen molar-refractivity contribution >= 4 is 23.3 Å². The average molecular weight is 278 g/mol. The molecule has 0 aliphatic carbocycles. The maximum absolute atomic E-state index is 12.6. The fourth-order valence-corrected chi connectivity index (χ4v) is 2.50. The topological polar surface area (TPSA) is 92.9 Å². The number of nitrogens with two attached hydrogens (primary N) is 1. The molecule has 0 fully saturated rings. The summed E-state index contributed by atoms with van der Waals surface area (Å²) in [6.07, 6.45) is 0.930. The number of rotatable bonds is 4. The number of hydrogen-bond acceptors (Lipinski definition) is 4. The highest BCUT2D eigenvalue weighted by Crippen LogP contribution is 2.43. The molecular formula is C14H18N2O4. The van der Waals surface area contributed by atoms with Crippen molar-refractivity contribution in [1.82, 2.24) is 0 Å². The zero-order valence-electron chi connectivity index (χ0n) is 11.5. The molecule has 6 heteroatoms. The van der Waals surface area contributed by atoms with Crippen molar-refractivity contribution in [3.63, 3.8) is 0 Å². The highest BCUT2D eigenvalue weighted by atomic mass is 16.5. The SMILES string of the molecule is CCC1(CC)Oc2cccc(N)c2N(CC(=O)O)C1=O. The molecule has 0 atom stereocenters. The Labute approximate surface area is 117 Å².